The minimum atomic E-state index is -0.638. The van der Waals surface area contributed by atoms with Crippen LogP contribution in [0.3, 0.4) is 0 Å². The van der Waals surface area contributed by atoms with Gasteiger partial charge in [-0.05, 0) is 58.4 Å². The quantitative estimate of drug-likeness (QED) is 0.382. The van der Waals surface area contributed by atoms with Gasteiger partial charge in [0.15, 0.2) is 11.6 Å². The predicted molar refractivity (Wildman–Crippen MR) is 135 cm³/mol. The highest BCUT2D eigenvalue weighted by Crippen LogP contribution is 2.32. The van der Waals surface area contributed by atoms with Gasteiger partial charge in [-0.2, -0.15) is 0 Å². The van der Waals surface area contributed by atoms with Crippen molar-refractivity contribution in [1.29, 1.82) is 0 Å². The van der Waals surface area contributed by atoms with E-state index in [1.807, 2.05) is 44.4 Å². The van der Waals surface area contributed by atoms with Crippen LogP contribution in [0, 0.1) is 18.6 Å². The largest absolute Gasteiger partial charge is 0.323 e. The van der Waals surface area contributed by atoms with Gasteiger partial charge in [-0.3, -0.25) is 0 Å². The van der Waals surface area contributed by atoms with Crippen molar-refractivity contribution in [1.82, 2.24) is 29.8 Å². The van der Waals surface area contributed by atoms with E-state index in [1.54, 1.807) is 6.07 Å². The van der Waals surface area contributed by atoms with Crippen molar-refractivity contribution in [2.24, 2.45) is 0 Å². The van der Waals surface area contributed by atoms with Crippen LogP contribution in [-0.4, -0.2) is 31.0 Å². The molecule has 0 radical (unpaired) electrons. The van der Waals surface area contributed by atoms with Gasteiger partial charge in [0.05, 0.1) is 11.7 Å². The molecule has 0 saturated heterocycles. The Labute approximate surface area is 208 Å². The van der Waals surface area contributed by atoms with Crippen LogP contribution in [0.15, 0.2) is 30.5 Å². The maximum Gasteiger partial charge on any atom is 0.229 e. The van der Waals surface area contributed by atoms with Crippen LogP contribution in [-0.2, 0) is 12.0 Å². The summed E-state index contributed by atoms with van der Waals surface area (Å²) >= 11 is 0. The van der Waals surface area contributed by atoms with E-state index in [1.165, 1.54) is 6.07 Å². The summed E-state index contributed by atoms with van der Waals surface area (Å²) in [6.07, 6.45) is 1.91. The van der Waals surface area contributed by atoms with Crippen LogP contribution in [0.25, 0.3) is 22.3 Å². The Kier molecular flexibility index (Phi) is 6.50. The maximum atomic E-state index is 15.0. The zero-order valence-corrected chi connectivity index (χ0v) is 21.1. The Morgan fingerprint density at radius 1 is 1.09 bits per heavy atom. The first-order valence-corrected chi connectivity index (χ1v) is 11.3. The number of imidazole rings is 1. The van der Waals surface area contributed by atoms with E-state index in [-0.39, 0.29) is 41.1 Å². The molecule has 0 saturated carbocycles. The molecule has 3 aromatic heterocycles. The number of halogens is 3. The highest BCUT2D eigenvalue weighted by Gasteiger charge is 2.23. The fourth-order valence-corrected chi connectivity index (χ4v) is 4.67. The average molecular weight is 500 g/mol. The first-order chi connectivity index (χ1) is 16.1. The molecule has 7 nitrogen and oxygen atoms in total. The van der Waals surface area contributed by atoms with E-state index in [9.17, 15) is 4.39 Å². The second-order valence-corrected chi connectivity index (χ2v) is 9.66. The Morgan fingerprint density at radius 2 is 1.86 bits per heavy atom. The molecule has 1 aromatic carbocycles. The van der Waals surface area contributed by atoms with Crippen molar-refractivity contribution in [3.8, 4) is 11.3 Å². The molecule has 10 heteroatoms. The van der Waals surface area contributed by atoms with Crippen LogP contribution in [0.2, 0.25) is 0 Å². The third-order valence-corrected chi connectivity index (χ3v) is 6.10. The molecule has 0 aliphatic carbocycles. The minimum absolute atomic E-state index is 0. The highest BCUT2D eigenvalue weighted by atomic mass is 35.5. The Balaban J connectivity index is 0.00000289. The van der Waals surface area contributed by atoms with Crippen LogP contribution in [0.5, 0.6) is 0 Å². The summed E-state index contributed by atoms with van der Waals surface area (Å²) in [7, 11) is 0. The molecule has 184 valence electrons. The number of aryl methyl sites for hydroxylation is 1. The molecule has 35 heavy (non-hydrogen) atoms. The van der Waals surface area contributed by atoms with E-state index in [0.29, 0.717) is 22.7 Å². The number of aromatic nitrogens is 5. The number of rotatable bonds is 3. The lowest BCUT2D eigenvalue weighted by molar-refractivity contribution is 0.399. The van der Waals surface area contributed by atoms with Gasteiger partial charge in [0.1, 0.15) is 22.9 Å². The molecule has 5 rings (SSSR count). The van der Waals surface area contributed by atoms with Gasteiger partial charge in [0.2, 0.25) is 5.95 Å². The normalized spacial score (nSPS) is 15.6. The van der Waals surface area contributed by atoms with E-state index in [0.717, 1.165) is 30.4 Å². The third kappa shape index (κ3) is 4.58. The molecular formula is C25H28ClF2N7. The molecule has 0 amide bonds. The smallest absolute Gasteiger partial charge is 0.229 e. The number of anilines is 2. The molecule has 4 heterocycles. The molecule has 0 unspecified atom stereocenters. The van der Waals surface area contributed by atoms with Gasteiger partial charge in [-0.1, -0.05) is 6.07 Å². The number of pyridine rings is 1. The summed E-state index contributed by atoms with van der Waals surface area (Å²) in [4.78, 5) is 17.5. The van der Waals surface area contributed by atoms with E-state index in [2.05, 4.69) is 37.5 Å². The maximum absolute atomic E-state index is 15.0. The SMILES string of the molecule is Cc1nc2c(F)cc(-c3nc(Nc4ccc5c(n4)CCN[C@H]5C)ncc3F)cc2n1C(C)(C)C.Cl. The minimum Gasteiger partial charge on any atom is -0.323 e. The van der Waals surface area contributed by atoms with E-state index in [4.69, 9.17) is 0 Å². The summed E-state index contributed by atoms with van der Waals surface area (Å²) in [6.45, 7) is 10.8. The molecule has 0 bridgehead atoms. The lowest BCUT2D eigenvalue weighted by Gasteiger charge is -2.24. The summed E-state index contributed by atoms with van der Waals surface area (Å²) in [5.74, 6) is 0.290. The van der Waals surface area contributed by atoms with Gasteiger partial charge >= 0.3 is 0 Å². The number of fused-ring (bicyclic) bond motifs is 2. The Hall–Kier alpha value is -3.17. The first-order valence-electron chi connectivity index (χ1n) is 11.3. The number of nitrogens with one attached hydrogen (secondary N) is 2. The number of benzene rings is 1. The van der Waals surface area contributed by atoms with Crippen molar-refractivity contribution < 1.29 is 8.78 Å². The Bertz CT molecular complexity index is 1410. The number of hydrogen-bond donors (Lipinski definition) is 2. The molecule has 4 aromatic rings. The van der Waals surface area contributed by atoms with Crippen molar-refractivity contribution >= 4 is 35.2 Å². The predicted octanol–water partition coefficient (Wildman–Crippen LogP) is 5.60. The molecule has 2 N–H and O–H groups in total. The lowest BCUT2D eigenvalue weighted by Crippen LogP contribution is -2.28. The van der Waals surface area contributed by atoms with Crippen LogP contribution < -0.4 is 10.6 Å². The fraction of sp³-hybridized carbons (Fsp3) is 0.360. The summed E-state index contributed by atoms with van der Waals surface area (Å²) in [5.41, 5.74) is 3.01. The van der Waals surface area contributed by atoms with Crippen molar-refractivity contribution in [3.63, 3.8) is 0 Å². The second kappa shape index (κ2) is 9.13. The zero-order valence-electron chi connectivity index (χ0n) is 20.3. The monoisotopic (exact) mass is 499 g/mol. The lowest BCUT2D eigenvalue weighted by atomic mass is 10.0. The van der Waals surface area contributed by atoms with Gasteiger partial charge in [0, 0.05) is 35.8 Å². The summed E-state index contributed by atoms with van der Waals surface area (Å²) < 4.78 is 31.8. The van der Waals surface area contributed by atoms with Crippen molar-refractivity contribution in [3.05, 3.63) is 59.2 Å². The van der Waals surface area contributed by atoms with Crippen molar-refractivity contribution in [2.45, 2.75) is 52.6 Å². The number of nitrogens with zero attached hydrogens (tertiary/aromatic N) is 5. The van der Waals surface area contributed by atoms with Crippen LogP contribution in [0.4, 0.5) is 20.5 Å². The molecular weight excluding hydrogens is 472 g/mol. The van der Waals surface area contributed by atoms with Gasteiger partial charge in [-0.25, -0.2) is 28.7 Å². The third-order valence-electron chi connectivity index (χ3n) is 6.10. The topological polar surface area (TPSA) is 80.6 Å². The van der Waals surface area contributed by atoms with Crippen molar-refractivity contribution in [2.75, 3.05) is 11.9 Å². The van der Waals surface area contributed by atoms with Gasteiger partial charge < -0.3 is 15.2 Å². The standard InChI is InChI=1S/C25H27F2N7.ClH/c1-13-16-6-7-21(31-19(16)8-9-28-13)32-24-29-12-18(27)22(33-24)15-10-17(26)23-20(11-15)34(14(2)30-23)25(3,4)5;/h6-7,10-13,28H,8-9H2,1-5H3,(H,29,31,32,33);1H/t13-;/m0./s1. The Morgan fingerprint density at radius 3 is 2.60 bits per heavy atom. The molecule has 1 aliphatic heterocycles. The van der Waals surface area contributed by atoms with E-state index >= 15 is 4.39 Å². The van der Waals surface area contributed by atoms with E-state index < -0.39 is 11.6 Å². The molecule has 1 atom stereocenters. The molecule has 0 spiro atoms. The molecule has 0 fully saturated rings. The summed E-state index contributed by atoms with van der Waals surface area (Å²) in [6, 6.07) is 7.11. The first kappa shape index (κ1) is 24.9. The second-order valence-electron chi connectivity index (χ2n) is 9.66. The van der Waals surface area contributed by atoms with Crippen LogP contribution in [0.1, 0.15) is 50.8 Å². The van der Waals surface area contributed by atoms with Crippen LogP contribution >= 0.6 is 12.4 Å². The molecule has 1 aliphatic rings. The zero-order chi connectivity index (χ0) is 24.2. The highest BCUT2D eigenvalue weighted by molar-refractivity contribution is 5.85. The summed E-state index contributed by atoms with van der Waals surface area (Å²) in [5, 5.41) is 6.47. The van der Waals surface area contributed by atoms with Gasteiger partial charge in [0.25, 0.3) is 0 Å². The number of hydrogen-bond acceptors (Lipinski definition) is 6. The van der Waals surface area contributed by atoms with Gasteiger partial charge in [-0.15, -0.1) is 12.4 Å². The fourth-order valence-electron chi connectivity index (χ4n) is 4.67. The average Bonchev–Trinajstić information content (AvgIpc) is 3.12.